The molecule has 1 N–H and O–H groups in total. The molecule has 1 unspecified atom stereocenters. The van der Waals surface area contributed by atoms with Crippen LogP contribution in [0.25, 0.3) is 0 Å². The number of hydrazone groups is 1. The van der Waals surface area contributed by atoms with Crippen LogP contribution < -0.4 is 5.43 Å². The molecule has 0 amide bonds. The third-order valence-corrected chi connectivity index (χ3v) is 4.16. The Hall–Kier alpha value is -0.730. The molecule has 0 spiro atoms. The van der Waals surface area contributed by atoms with Gasteiger partial charge in [0, 0.05) is 6.42 Å². The van der Waals surface area contributed by atoms with E-state index >= 15 is 0 Å². The van der Waals surface area contributed by atoms with Crippen molar-refractivity contribution in [3.63, 3.8) is 0 Å². The maximum Gasteiger partial charge on any atom is 0.200 e. The van der Waals surface area contributed by atoms with Gasteiger partial charge in [-0.2, -0.15) is 5.43 Å². The molecule has 0 aromatic rings. The van der Waals surface area contributed by atoms with Crippen molar-refractivity contribution in [2.75, 3.05) is 6.54 Å². The van der Waals surface area contributed by atoms with Crippen molar-refractivity contribution in [1.29, 1.82) is 0 Å². The minimum atomic E-state index is 0.500. The van der Waals surface area contributed by atoms with E-state index in [1.807, 2.05) is 0 Å². The van der Waals surface area contributed by atoms with Gasteiger partial charge in [0.25, 0.3) is 0 Å². The molecule has 1 aliphatic rings. The predicted molar refractivity (Wildman–Crippen MR) is 82.3 cm³/mol. The summed E-state index contributed by atoms with van der Waals surface area (Å²) in [5.74, 6) is 0.500. The molecular formula is C16H32N2O. The van der Waals surface area contributed by atoms with Crippen molar-refractivity contribution in [3.8, 4) is 0 Å². The van der Waals surface area contributed by atoms with Crippen LogP contribution in [-0.2, 0) is 0 Å². The molecule has 0 saturated heterocycles. The van der Waals surface area contributed by atoms with E-state index in [1.54, 1.807) is 0 Å². The number of nitrogens with one attached hydrogen (secondary N) is 1. The van der Waals surface area contributed by atoms with Gasteiger partial charge < -0.3 is 5.21 Å². The Bertz CT molecular complexity index is 263. The molecule has 1 rings (SSSR count). The first-order valence-electron chi connectivity index (χ1n) is 8.36. The quantitative estimate of drug-likeness (QED) is 0.342. The highest BCUT2D eigenvalue weighted by molar-refractivity contribution is 5.83. The number of nitrogens with zero attached hydrogens (tertiary/aromatic N) is 1. The highest BCUT2D eigenvalue weighted by Crippen LogP contribution is 2.19. The Kier molecular flexibility index (Phi) is 8.68. The summed E-state index contributed by atoms with van der Waals surface area (Å²) >= 11 is 0. The first kappa shape index (κ1) is 16.3. The van der Waals surface area contributed by atoms with Crippen LogP contribution >= 0.6 is 0 Å². The van der Waals surface area contributed by atoms with Gasteiger partial charge in [0.05, 0.1) is 12.5 Å². The van der Waals surface area contributed by atoms with Gasteiger partial charge >= 0.3 is 0 Å². The van der Waals surface area contributed by atoms with E-state index in [9.17, 15) is 5.21 Å². The molecule has 3 nitrogen and oxygen atoms in total. The highest BCUT2D eigenvalue weighted by atomic mass is 16.5. The summed E-state index contributed by atoms with van der Waals surface area (Å²) in [4.78, 5) is 1.06. The van der Waals surface area contributed by atoms with Gasteiger partial charge in [-0.1, -0.05) is 70.1 Å². The van der Waals surface area contributed by atoms with E-state index in [2.05, 4.69) is 19.3 Å². The maximum absolute atomic E-state index is 11.8. The molecule has 112 valence electrons. The number of hydrazine groups is 1. The average molecular weight is 268 g/mol. The fraction of sp³-hybridized carbons (Fsp3) is 0.938. The van der Waals surface area contributed by atoms with Crippen molar-refractivity contribution in [3.05, 3.63) is 5.21 Å². The van der Waals surface area contributed by atoms with Crippen LogP contribution in [0.15, 0.2) is 0 Å². The fourth-order valence-corrected chi connectivity index (χ4v) is 2.88. The molecule has 19 heavy (non-hydrogen) atoms. The Morgan fingerprint density at radius 3 is 2.32 bits per heavy atom. The van der Waals surface area contributed by atoms with Crippen molar-refractivity contribution >= 4 is 5.71 Å². The number of hydrogen-bond acceptors (Lipinski definition) is 2. The minimum absolute atomic E-state index is 0.500. The monoisotopic (exact) mass is 268 g/mol. The third-order valence-electron chi connectivity index (χ3n) is 4.16. The van der Waals surface area contributed by atoms with Gasteiger partial charge in [-0.25, -0.2) is 0 Å². The van der Waals surface area contributed by atoms with Crippen molar-refractivity contribution < 1.29 is 4.85 Å². The fourth-order valence-electron chi connectivity index (χ4n) is 2.88. The lowest BCUT2D eigenvalue weighted by Crippen LogP contribution is -2.19. The summed E-state index contributed by atoms with van der Waals surface area (Å²) in [6.07, 6.45) is 13.8. The van der Waals surface area contributed by atoms with E-state index in [0.29, 0.717) is 5.92 Å². The van der Waals surface area contributed by atoms with E-state index in [4.69, 9.17) is 0 Å². The van der Waals surface area contributed by atoms with E-state index in [1.165, 1.54) is 64.2 Å². The first-order valence-corrected chi connectivity index (χ1v) is 8.36. The second-order valence-electron chi connectivity index (χ2n) is 5.86. The lowest BCUT2D eigenvalue weighted by molar-refractivity contribution is -0.514. The second kappa shape index (κ2) is 10.1. The number of unbranched alkanes of at least 4 members (excludes halogenated alkanes) is 7. The zero-order chi connectivity index (χ0) is 13.9. The molecule has 0 radical (unpaired) electrons. The van der Waals surface area contributed by atoms with Gasteiger partial charge in [-0.05, 0) is 12.8 Å². The SMILES string of the molecule is CCCCCCCC1=[N+]([O-])NCC1CCCCCC. The van der Waals surface area contributed by atoms with Crippen LogP contribution in [-0.4, -0.2) is 17.1 Å². The Labute approximate surface area is 119 Å². The van der Waals surface area contributed by atoms with Gasteiger partial charge in [0.15, 0.2) is 0 Å². The van der Waals surface area contributed by atoms with Crippen LogP contribution in [0.2, 0.25) is 0 Å². The zero-order valence-corrected chi connectivity index (χ0v) is 12.9. The number of rotatable bonds is 11. The second-order valence-corrected chi connectivity index (χ2v) is 5.86. The third kappa shape index (κ3) is 6.31. The van der Waals surface area contributed by atoms with Crippen LogP contribution in [0.5, 0.6) is 0 Å². The predicted octanol–water partition coefficient (Wildman–Crippen LogP) is 4.40. The summed E-state index contributed by atoms with van der Waals surface area (Å²) in [5, 5.41) is 11.8. The molecule has 3 heteroatoms. The van der Waals surface area contributed by atoms with Crippen LogP contribution in [0.3, 0.4) is 0 Å². The van der Waals surface area contributed by atoms with Crippen LogP contribution in [0.4, 0.5) is 0 Å². The normalized spacial score (nSPS) is 18.9. The standard InChI is InChI=1S/C16H32N2O/c1-3-5-7-9-11-13-16-15(14-17-18(16)19)12-10-8-6-4-2/h15,17H,3-14H2,1-2H3. The lowest BCUT2D eigenvalue weighted by Gasteiger charge is -2.08. The molecule has 1 heterocycles. The summed E-state index contributed by atoms with van der Waals surface area (Å²) in [6, 6.07) is 0. The van der Waals surface area contributed by atoms with E-state index < -0.39 is 0 Å². The number of hydrogen-bond donors (Lipinski definition) is 1. The molecular weight excluding hydrogens is 236 g/mol. The van der Waals surface area contributed by atoms with Crippen molar-refractivity contribution in [2.45, 2.75) is 84.5 Å². The molecule has 0 bridgehead atoms. The van der Waals surface area contributed by atoms with E-state index in [-0.39, 0.29) is 0 Å². The topological polar surface area (TPSA) is 38.1 Å². The lowest BCUT2D eigenvalue weighted by atomic mass is 9.93. The van der Waals surface area contributed by atoms with Gasteiger partial charge in [0.2, 0.25) is 5.71 Å². The zero-order valence-electron chi connectivity index (χ0n) is 12.9. The average Bonchev–Trinajstić information content (AvgIpc) is 2.76. The summed E-state index contributed by atoms with van der Waals surface area (Å²) < 4.78 is 0. The molecule has 0 aliphatic carbocycles. The van der Waals surface area contributed by atoms with Crippen LogP contribution in [0.1, 0.15) is 84.5 Å². The maximum atomic E-state index is 11.8. The first-order chi connectivity index (χ1) is 9.29. The van der Waals surface area contributed by atoms with Crippen molar-refractivity contribution in [1.82, 2.24) is 5.43 Å². The van der Waals surface area contributed by atoms with Gasteiger partial charge in [-0.3, -0.25) is 0 Å². The molecule has 0 aromatic carbocycles. The summed E-state index contributed by atoms with van der Waals surface area (Å²) in [5.41, 5.74) is 4.07. The molecule has 0 saturated carbocycles. The van der Waals surface area contributed by atoms with Gasteiger partial charge in [-0.15, -0.1) is 0 Å². The summed E-state index contributed by atoms with van der Waals surface area (Å²) in [7, 11) is 0. The Morgan fingerprint density at radius 2 is 1.63 bits per heavy atom. The Balaban J connectivity index is 2.21. The van der Waals surface area contributed by atoms with E-state index in [0.717, 1.165) is 23.5 Å². The molecule has 1 aliphatic heterocycles. The molecule has 1 atom stereocenters. The molecule has 0 fully saturated rings. The van der Waals surface area contributed by atoms with Crippen molar-refractivity contribution in [2.24, 2.45) is 5.92 Å². The smallest absolute Gasteiger partial charge is 0.200 e. The Morgan fingerprint density at radius 1 is 1.00 bits per heavy atom. The largest absolute Gasteiger partial charge is 0.596 e. The molecule has 0 aromatic heterocycles. The van der Waals surface area contributed by atoms with Crippen LogP contribution in [0, 0.1) is 11.1 Å². The minimum Gasteiger partial charge on any atom is -0.596 e. The summed E-state index contributed by atoms with van der Waals surface area (Å²) in [6.45, 7) is 5.34. The highest BCUT2D eigenvalue weighted by Gasteiger charge is 2.29. The van der Waals surface area contributed by atoms with Gasteiger partial charge in [0.1, 0.15) is 0 Å².